The third-order valence-electron chi connectivity index (χ3n) is 5.12. The molecular formula is C27H21F2N3O5. The van der Waals surface area contributed by atoms with E-state index in [2.05, 4.69) is 15.6 Å². The third kappa shape index (κ3) is 6.17. The zero-order chi connectivity index (χ0) is 26.4. The Kier molecular flexibility index (Phi) is 7.58. The molecular weight excluding hydrogens is 484 g/mol. The number of aromatic nitrogens is 1. The van der Waals surface area contributed by atoms with Crippen molar-refractivity contribution in [3.63, 3.8) is 0 Å². The Bertz CT molecular complexity index is 1490. The number of halogens is 2. The lowest BCUT2D eigenvalue weighted by Crippen LogP contribution is -2.12. The molecule has 0 aliphatic heterocycles. The number of nitrogens with one attached hydrogen (secondary N) is 2. The second-order valence-electron chi connectivity index (χ2n) is 7.60. The van der Waals surface area contributed by atoms with E-state index in [1.165, 1.54) is 56.8 Å². The van der Waals surface area contributed by atoms with E-state index in [1.807, 2.05) is 0 Å². The van der Waals surface area contributed by atoms with E-state index in [1.54, 1.807) is 18.2 Å². The molecule has 0 spiro atoms. The Balaban J connectivity index is 1.43. The molecule has 8 nitrogen and oxygen atoms in total. The van der Waals surface area contributed by atoms with Crippen molar-refractivity contribution >= 4 is 34.1 Å². The molecule has 0 aliphatic carbocycles. The maximum Gasteiger partial charge on any atom is 0.248 e. The Morgan fingerprint density at radius 3 is 2.03 bits per heavy atom. The fraction of sp³-hybridized carbons (Fsp3) is 0.0741. The van der Waals surface area contributed by atoms with E-state index in [9.17, 15) is 18.4 Å². The molecule has 0 radical (unpaired) electrons. The summed E-state index contributed by atoms with van der Waals surface area (Å²) in [4.78, 5) is 28.4. The average molecular weight is 505 g/mol. The number of hydrogen-bond acceptors (Lipinski definition) is 6. The van der Waals surface area contributed by atoms with Gasteiger partial charge in [0.15, 0.2) is 23.1 Å². The van der Waals surface area contributed by atoms with Gasteiger partial charge in [0, 0.05) is 47.2 Å². The van der Waals surface area contributed by atoms with Crippen molar-refractivity contribution in [2.75, 3.05) is 24.9 Å². The van der Waals surface area contributed by atoms with E-state index >= 15 is 0 Å². The van der Waals surface area contributed by atoms with Crippen LogP contribution in [0.1, 0.15) is 0 Å². The van der Waals surface area contributed by atoms with Crippen LogP contribution in [0.25, 0.3) is 10.9 Å². The van der Waals surface area contributed by atoms with Crippen LogP contribution in [-0.2, 0) is 9.59 Å². The summed E-state index contributed by atoms with van der Waals surface area (Å²) in [7, 11) is 3.01. The van der Waals surface area contributed by atoms with E-state index in [-0.39, 0.29) is 11.4 Å². The van der Waals surface area contributed by atoms with Gasteiger partial charge in [0.25, 0.3) is 0 Å². The number of pyridine rings is 1. The van der Waals surface area contributed by atoms with Gasteiger partial charge in [-0.25, -0.2) is 8.78 Å². The van der Waals surface area contributed by atoms with Crippen LogP contribution in [0.3, 0.4) is 0 Å². The van der Waals surface area contributed by atoms with Gasteiger partial charge in [0.05, 0.1) is 19.7 Å². The molecule has 0 fully saturated rings. The van der Waals surface area contributed by atoms with Crippen molar-refractivity contribution < 1.29 is 32.6 Å². The smallest absolute Gasteiger partial charge is 0.248 e. The lowest BCUT2D eigenvalue weighted by Gasteiger charge is -2.13. The maximum atomic E-state index is 14.8. The molecule has 10 heteroatoms. The molecule has 37 heavy (non-hydrogen) atoms. The number of anilines is 2. The van der Waals surface area contributed by atoms with Gasteiger partial charge < -0.3 is 24.8 Å². The molecule has 0 unspecified atom stereocenters. The number of hydrogen-bond donors (Lipinski definition) is 2. The van der Waals surface area contributed by atoms with Crippen molar-refractivity contribution in [1.82, 2.24) is 4.98 Å². The maximum absolute atomic E-state index is 14.8. The normalized spacial score (nSPS) is 10.8. The number of nitrogens with zero attached hydrogens (tertiary/aromatic N) is 1. The van der Waals surface area contributed by atoms with Crippen molar-refractivity contribution in [3.05, 3.63) is 90.6 Å². The molecule has 0 atom stereocenters. The molecule has 2 amide bonds. The molecule has 0 bridgehead atoms. The van der Waals surface area contributed by atoms with Crippen LogP contribution in [-0.4, -0.2) is 31.0 Å². The van der Waals surface area contributed by atoms with Crippen LogP contribution < -0.4 is 24.8 Å². The fourth-order valence-electron chi connectivity index (χ4n) is 3.37. The monoisotopic (exact) mass is 505 g/mol. The van der Waals surface area contributed by atoms with Gasteiger partial charge in [0.1, 0.15) is 11.6 Å². The molecule has 0 saturated heterocycles. The zero-order valence-electron chi connectivity index (χ0n) is 19.7. The number of ether oxygens (including phenoxy) is 3. The van der Waals surface area contributed by atoms with Crippen LogP contribution in [0, 0.1) is 11.6 Å². The first kappa shape index (κ1) is 25.1. The summed E-state index contributed by atoms with van der Waals surface area (Å²) in [6, 6.07) is 14.0. The third-order valence-corrected chi connectivity index (χ3v) is 5.12. The summed E-state index contributed by atoms with van der Waals surface area (Å²) in [6.07, 6.45) is 3.52. The number of fused-ring (bicyclic) bond motifs is 1. The summed E-state index contributed by atoms with van der Waals surface area (Å²) in [5.41, 5.74) is 1.09. The highest BCUT2D eigenvalue weighted by Crippen LogP contribution is 2.37. The highest BCUT2D eigenvalue weighted by molar-refractivity contribution is 6.06. The van der Waals surface area contributed by atoms with E-state index in [0.29, 0.717) is 33.8 Å². The summed E-state index contributed by atoms with van der Waals surface area (Å²) in [6.45, 7) is 0. The lowest BCUT2D eigenvalue weighted by atomic mass is 10.2. The van der Waals surface area contributed by atoms with Crippen LogP contribution in [0.5, 0.6) is 23.0 Å². The molecule has 0 saturated carbocycles. The minimum atomic E-state index is -0.721. The minimum Gasteiger partial charge on any atom is -0.493 e. The molecule has 2 N–H and O–H groups in total. The Labute approximate surface area is 210 Å². The van der Waals surface area contributed by atoms with E-state index < -0.39 is 23.4 Å². The van der Waals surface area contributed by atoms with E-state index in [4.69, 9.17) is 14.2 Å². The summed E-state index contributed by atoms with van der Waals surface area (Å²) in [5.74, 6) is -1.17. The number of carbonyl (C=O) groups is 2. The highest BCUT2D eigenvalue weighted by Gasteiger charge is 2.13. The van der Waals surface area contributed by atoms with Crippen molar-refractivity contribution in [2.24, 2.45) is 0 Å². The molecule has 3 aromatic carbocycles. The SMILES string of the molecule is COc1cc2nccc(Oc3ccc(NC(=O)/C=C\C(=O)Nc4ccc(F)cc4)cc3F)c2cc1OC. The van der Waals surface area contributed by atoms with Gasteiger partial charge in [-0.15, -0.1) is 0 Å². The minimum absolute atomic E-state index is 0.0745. The number of carbonyl (C=O) groups excluding carboxylic acids is 2. The molecule has 4 rings (SSSR count). The first-order valence-electron chi connectivity index (χ1n) is 10.9. The number of amides is 2. The van der Waals surface area contributed by atoms with Gasteiger partial charge in [-0.1, -0.05) is 0 Å². The number of rotatable bonds is 8. The first-order chi connectivity index (χ1) is 17.9. The average Bonchev–Trinajstić information content (AvgIpc) is 2.89. The van der Waals surface area contributed by atoms with Gasteiger partial charge in [-0.2, -0.15) is 0 Å². The van der Waals surface area contributed by atoms with Gasteiger partial charge in [-0.05, 0) is 48.5 Å². The quantitative estimate of drug-likeness (QED) is 0.309. The van der Waals surface area contributed by atoms with Gasteiger partial charge >= 0.3 is 0 Å². The van der Waals surface area contributed by atoms with Crippen molar-refractivity contribution in [3.8, 4) is 23.0 Å². The van der Waals surface area contributed by atoms with E-state index in [0.717, 1.165) is 18.2 Å². The van der Waals surface area contributed by atoms with Crippen molar-refractivity contribution in [2.45, 2.75) is 0 Å². The van der Waals surface area contributed by atoms with Crippen molar-refractivity contribution in [1.29, 1.82) is 0 Å². The molecule has 0 aliphatic rings. The van der Waals surface area contributed by atoms with Crippen LogP contribution in [0.15, 0.2) is 79.0 Å². The number of methoxy groups -OCH3 is 2. The molecule has 4 aromatic rings. The summed E-state index contributed by atoms with van der Waals surface area (Å²) >= 11 is 0. The fourth-order valence-corrected chi connectivity index (χ4v) is 3.37. The molecule has 1 heterocycles. The standard InChI is InChI=1S/C27H21F2N3O5/c1-35-24-14-19-21(15-25(24)36-2)30-12-11-22(19)37-23-8-7-18(13-20(23)29)32-27(34)10-9-26(33)31-17-5-3-16(28)4-6-17/h3-15H,1-2H3,(H,31,33)(H,32,34)/b10-9-. The zero-order valence-corrected chi connectivity index (χ0v) is 19.7. The Morgan fingerprint density at radius 1 is 0.757 bits per heavy atom. The topological polar surface area (TPSA) is 98.8 Å². The Morgan fingerprint density at radius 2 is 1.38 bits per heavy atom. The highest BCUT2D eigenvalue weighted by atomic mass is 19.1. The molecule has 1 aromatic heterocycles. The second-order valence-corrected chi connectivity index (χ2v) is 7.60. The second kappa shape index (κ2) is 11.2. The largest absolute Gasteiger partial charge is 0.493 e. The van der Waals surface area contributed by atoms with Crippen LogP contribution >= 0.6 is 0 Å². The predicted octanol–water partition coefficient (Wildman–Crippen LogP) is 5.46. The van der Waals surface area contributed by atoms with Crippen LogP contribution in [0.4, 0.5) is 20.2 Å². The van der Waals surface area contributed by atoms with Gasteiger partial charge in [0.2, 0.25) is 11.8 Å². The van der Waals surface area contributed by atoms with Crippen LogP contribution in [0.2, 0.25) is 0 Å². The molecule has 188 valence electrons. The lowest BCUT2D eigenvalue weighted by molar-refractivity contribution is -0.114. The number of benzene rings is 3. The first-order valence-corrected chi connectivity index (χ1v) is 10.9. The Hall–Kier alpha value is -4.99. The summed E-state index contributed by atoms with van der Waals surface area (Å²) < 4.78 is 44.1. The van der Waals surface area contributed by atoms with Gasteiger partial charge in [-0.3, -0.25) is 14.6 Å². The predicted molar refractivity (Wildman–Crippen MR) is 134 cm³/mol. The summed E-state index contributed by atoms with van der Waals surface area (Å²) in [5, 5.41) is 5.54.